The van der Waals surface area contributed by atoms with Crippen LogP contribution in [0.1, 0.15) is 11.1 Å². The number of hydrogen-bond donors (Lipinski definition) is 2. The quantitative estimate of drug-likeness (QED) is 0.419. The lowest BCUT2D eigenvalue weighted by Crippen LogP contribution is -2.16. The summed E-state index contributed by atoms with van der Waals surface area (Å²) in [4.78, 5) is -0.0380. The molecule has 0 heterocycles. The van der Waals surface area contributed by atoms with Crippen molar-refractivity contribution in [3.8, 4) is 0 Å². The van der Waals surface area contributed by atoms with Gasteiger partial charge < -0.3 is 0 Å². The van der Waals surface area contributed by atoms with Crippen LogP contribution in [0.2, 0.25) is 15.1 Å². The van der Waals surface area contributed by atoms with Gasteiger partial charge in [-0.1, -0.05) is 46.9 Å². The summed E-state index contributed by atoms with van der Waals surface area (Å²) in [5.74, 6) is -0.429. The van der Waals surface area contributed by atoms with Crippen LogP contribution < -0.4 is 9.44 Å². The lowest BCUT2D eigenvalue weighted by Gasteiger charge is -2.13. The summed E-state index contributed by atoms with van der Waals surface area (Å²) in [7, 11) is -7.73. The molecule has 3 aromatic rings. The number of aryl methyl sites for hydroxylation is 1. The Labute approximate surface area is 196 Å². The molecule has 0 saturated heterocycles. The third-order valence-corrected chi connectivity index (χ3v) is 7.82. The first-order chi connectivity index (χ1) is 14.5. The highest BCUT2D eigenvalue weighted by Gasteiger charge is 2.19. The van der Waals surface area contributed by atoms with E-state index in [9.17, 15) is 16.8 Å². The highest BCUT2D eigenvalue weighted by molar-refractivity contribution is 7.92. The molecule has 3 aromatic carbocycles. The summed E-state index contributed by atoms with van der Waals surface area (Å²) in [6, 6.07) is 14.9. The Morgan fingerprint density at radius 3 is 2.03 bits per heavy atom. The number of rotatable bonds is 7. The molecule has 6 nitrogen and oxygen atoms in total. The Morgan fingerprint density at radius 1 is 0.806 bits per heavy atom. The molecule has 2 N–H and O–H groups in total. The number of hydrogen-bond acceptors (Lipinski definition) is 4. The van der Waals surface area contributed by atoms with Gasteiger partial charge in [0.2, 0.25) is 10.0 Å². The van der Waals surface area contributed by atoms with Crippen molar-refractivity contribution in [1.29, 1.82) is 0 Å². The van der Waals surface area contributed by atoms with Gasteiger partial charge in [0.05, 0.1) is 16.3 Å². The Bertz CT molecular complexity index is 1310. The van der Waals surface area contributed by atoms with Gasteiger partial charge in [0.25, 0.3) is 10.0 Å². The summed E-state index contributed by atoms with van der Waals surface area (Å²) in [6.07, 6.45) is 0. The first-order valence-electron chi connectivity index (χ1n) is 8.79. The predicted molar refractivity (Wildman–Crippen MR) is 126 cm³/mol. The maximum absolute atomic E-state index is 12.7. The lowest BCUT2D eigenvalue weighted by atomic mass is 10.2. The van der Waals surface area contributed by atoms with Gasteiger partial charge in [0.1, 0.15) is 0 Å². The minimum absolute atomic E-state index is 0.0380. The molecule has 0 spiro atoms. The normalized spacial score (nSPS) is 11.9. The molecule has 0 aliphatic heterocycles. The molecule has 0 unspecified atom stereocenters. The zero-order chi connectivity index (χ0) is 22.8. The van der Waals surface area contributed by atoms with E-state index < -0.39 is 25.8 Å². The third-order valence-electron chi connectivity index (χ3n) is 4.28. The van der Waals surface area contributed by atoms with Gasteiger partial charge >= 0.3 is 0 Å². The Morgan fingerprint density at radius 2 is 1.42 bits per heavy atom. The van der Waals surface area contributed by atoms with Crippen molar-refractivity contribution < 1.29 is 16.8 Å². The number of nitrogens with one attached hydrogen (secondary N) is 2. The summed E-state index contributed by atoms with van der Waals surface area (Å²) >= 11 is 18.0. The summed E-state index contributed by atoms with van der Waals surface area (Å²) in [5.41, 5.74) is 1.53. The van der Waals surface area contributed by atoms with Crippen LogP contribution in [0.4, 0.5) is 11.4 Å². The molecule has 0 saturated carbocycles. The maximum atomic E-state index is 12.7. The minimum atomic E-state index is -3.89. The molecule has 3 rings (SSSR count). The first kappa shape index (κ1) is 23.7. The maximum Gasteiger partial charge on any atom is 0.261 e. The Kier molecular flexibility index (Phi) is 7.08. The van der Waals surface area contributed by atoms with Crippen molar-refractivity contribution in [2.75, 3.05) is 9.44 Å². The van der Waals surface area contributed by atoms with Crippen LogP contribution in [0.5, 0.6) is 0 Å². The molecule has 31 heavy (non-hydrogen) atoms. The van der Waals surface area contributed by atoms with E-state index in [1.165, 1.54) is 30.3 Å². The molecule has 0 aliphatic rings. The fourth-order valence-corrected chi connectivity index (χ4v) is 5.93. The van der Waals surface area contributed by atoms with Gasteiger partial charge in [-0.3, -0.25) is 9.44 Å². The van der Waals surface area contributed by atoms with Crippen molar-refractivity contribution in [2.24, 2.45) is 0 Å². The zero-order valence-electron chi connectivity index (χ0n) is 16.1. The average molecular weight is 520 g/mol. The van der Waals surface area contributed by atoms with Crippen LogP contribution in [0, 0.1) is 6.92 Å². The molecule has 0 amide bonds. The SMILES string of the molecule is Cc1ccc(Cl)cc1NS(=O)(=O)c1ccc(NS(=O)(=O)Cc2c(Cl)cccc2Cl)cc1. The fourth-order valence-electron chi connectivity index (χ4n) is 2.69. The van der Waals surface area contributed by atoms with Crippen molar-refractivity contribution in [3.05, 3.63) is 86.9 Å². The van der Waals surface area contributed by atoms with Crippen molar-refractivity contribution >= 4 is 66.2 Å². The fraction of sp³-hybridized carbons (Fsp3) is 0.100. The Balaban J connectivity index is 1.77. The Hall–Kier alpha value is -1.97. The standard InChI is InChI=1S/C20H17Cl3N2O4S2/c1-13-5-6-14(21)11-20(13)25-31(28,29)16-9-7-15(8-10-16)24-30(26,27)12-17-18(22)3-2-4-19(17)23/h2-11,24-25H,12H2,1H3. The summed E-state index contributed by atoms with van der Waals surface area (Å²) < 4.78 is 55.2. The van der Waals surface area contributed by atoms with Gasteiger partial charge in [-0.2, -0.15) is 0 Å². The molecule has 164 valence electrons. The number of sulfonamides is 2. The van der Waals surface area contributed by atoms with E-state index in [1.807, 2.05) is 0 Å². The third kappa shape index (κ3) is 6.05. The molecule has 0 atom stereocenters. The highest BCUT2D eigenvalue weighted by Crippen LogP contribution is 2.27. The van der Waals surface area contributed by atoms with Gasteiger partial charge in [-0.15, -0.1) is 0 Å². The van der Waals surface area contributed by atoms with Crippen LogP contribution in [0.3, 0.4) is 0 Å². The van der Waals surface area contributed by atoms with Crippen molar-refractivity contribution in [1.82, 2.24) is 0 Å². The second-order valence-electron chi connectivity index (χ2n) is 6.65. The highest BCUT2D eigenvalue weighted by atomic mass is 35.5. The van der Waals surface area contributed by atoms with Crippen molar-refractivity contribution in [2.45, 2.75) is 17.6 Å². The lowest BCUT2D eigenvalue weighted by molar-refractivity contribution is 0.599. The molecule has 0 aliphatic carbocycles. The average Bonchev–Trinajstić information content (AvgIpc) is 2.68. The number of anilines is 2. The summed E-state index contributed by atoms with van der Waals surface area (Å²) in [6.45, 7) is 1.75. The van der Waals surface area contributed by atoms with Crippen LogP contribution in [-0.4, -0.2) is 16.8 Å². The van der Waals surface area contributed by atoms with E-state index in [1.54, 1.807) is 37.3 Å². The van der Waals surface area contributed by atoms with E-state index in [0.29, 0.717) is 16.3 Å². The van der Waals surface area contributed by atoms with E-state index in [-0.39, 0.29) is 26.2 Å². The van der Waals surface area contributed by atoms with Gasteiger partial charge in [-0.25, -0.2) is 16.8 Å². The van der Waals surface area contributed by atoms with E-state index in [0.717, 1.165) is 0 Å². The predicted octanol–water partition coefficient (Wildman–Crippen LogP) is 5.70. The van der Waals surface area contributed by atoms with E-state index >= 15 is 0 Å². The largest absolute Gasteiger partial charge is 0.283 e. The number of halogens is 3. The van der Waals surface area contributed by atoms with Crippen LogP contribution in [0.25, 0.3) is 0 Å². The monoisotopic (exact) mass is 518 g/mol. The molecule has 0 bridgehead atoms. The smallest absolute Gasteiger partial charge is 0.261 e. The van der Waals surface area contributed by atoms with E-state index in [4.69, 9.17) is 34.8 Å². The molecular weight excluding hydrogens is 503 g/mol. The molecule has 0 fully saturated rings. The molecule has 0 aromatic heterocycles. The van der Waals surface area contributed by atoms with Crippen LogP contribution >= 0.6 is 34.8 Å². The molecular formula is C20H17Cl3N2O4S2. The van der Waals surface area contributed by atoms with Gasteiger partial charge in [0, 0.05) is 26.3 Å². The minimum Gasteiger partial charge on any atom is -0.283 e. The first-order valence-corrected chi connectivity index (χ1v) is 13.1. The van der Waals surface area contributed by atoms with Crippen LogP contribution in [0.15, 0.2) is 65.6 Å². The number of benzene rings is 3. The van der Waals surface area contributed by atoms with Gasteiger partial charge in [-0.05, 0) is 61.0 Å². The van der Waals surface area contributed by atoms with Crippen molar-refractivity contribution in [3.63, 3.8) is 0 Å². The topological polar surface area (TPSA) is 92.3 Å². The summed E-state index contributed by atoms with van der Waals surface area (Å²) in [5, 5.41) is 0.870. The molecule has 0 radical (unpaired) electrons. The molecule has 11 heteroatoms. The second-order valence-corrected chi connectivity index (χ2v) is 11.3. The zero-order valence-corrected chi connectivity index (χ0v) is 20.0. The van der Waals surface area contributed by atoms with Crippen LogP contribution in [-0.2, 0) is 25.8 Å². The van der Waals surface area contributed by atoms with E-state index in [2.05, 4.69) is 9.44 Å². The second kappa shape index (κ2) is 9.26. The van der Waals surface area contributed by atoms with Gasteiger partial charge in [0.15, 0.2) is 0 Å².